The van der Waals surface area contributed by atoms with Gasteiger partial charge in [-0.15, -0.1) is 0 Å². The highest BCUT2D eigenvalue weighted by molar-refractivity contribution is 5.82. The molecule has 1 amide bonds. The highest BCUT2D eigenvalue weighted by atomic mass is 19.4. The number of carbonyl (C=O) groups is 1. The number of ether oxygens (including phenoxy) is 1. The SMILES string of the molecule is O=C([C@H](O)c1cccc(C(F)(F)F)c1)N1CCc2nc(C3(c4cncc(C5=CCOCC5)c4)CC3)[nH]c(=O)c2C1. The third-order valence-electron chi connectivity index (χ3n) is 7.97. The minimum Gasteiger partial charge on any atom is -0.378 e. The minimum atomic E-state index is -4.60. The number of benzene rings is 1. The van der Waals surface area contributed by atoms with E-state index in [2.05, 4.69) is 22.1 Å². The summed E-state index contributed by atoms with van der Waals surface area (Å²) >= 11 is 0. The average Bonchev–Trinajstić information content (AvgIpc) is 3.79. The van der Waals surface area contributed by atoms with Gasteiger partial charge in [0, 0.05) is 25.4 Å². The first-order valence-corrected chi connectivity index (χ1v) is 13.1. The number of nitrogens with zero attached hydrogens (tertiary/aromatic N) is 3. The van der Waals surface area contributed by atoms with Gasteiger partial charge in [-0.3, -0.25) is 14.6 Å². The molecule has 2 aliphatic heterocycles. The third-order valence-corrected chi connectivity index (χ3v) is 7.97. The van der Waals surface area contributed by atoms with Crippen LogP contribution in [0, 0.1) is 0 Å². The van der Waals surface area contributed by atoms with Crippen LogP contribution in [0.2, 0.25) is 0 Å². The Balaban J connectivity index is 1.23. The predicted octanol–water partition coefficient (Wildman–Crippen LogP) is 3.69. The Labute approximate surface area is 227 Å². The summed E-state index contributed by atoms with van der Waals surface area (Å²) in [6.45, 7) is 1.32. The molecule has 4 heterocycles. The Morgan fingerprint density at radius 3 is 2.73 bits per heavy atom. The summed E-state index contributed by atoms with van der Waals surface area (Å²) < 4.78 is 44.7. The number of amides is 1. The van der Waals surface area contributed by atoms with Gasteiger partial charge in [0.25, 0.3) is 11.5 Å². The van der Waals surface area contributed by atoms with Gasteiger partial charge < -0.3 is 19.7 Å². The lowest BCUT2D eigenvalue weighted by molar-refractivity contribution is -0.142. The van der Waals surface area contributed by atoms with Crippen molar-refractivity contribution in [3.05, 3.63) is 98.5 Å². The first kappa shape index (κ1) is 26.4. The molecule has 0 bridgehead atoms. The molecule has 0 radical (unpaired) electrons. The molecule has 2 N–H and O–H groups in total. The number of aliphatic hydroxyl groups excluding tert-OH is 1. The molecule has 0 saturated heterocycles. The zero-order valence-corrected chi connectivity index (χ0v) is 21.5. The maximum Gasteiger partial charge on any atom is 0.416 e. The zero-order chi connectivity index (χ0) is 28.1. The first-order valence-electron chi connectivity index (χ1n) is 13.1. The second-order valence-electron chi connectivity index (χ2n) is 10.5. The van der Waals surface area contributed by atoms with E-state index in [9.17, 15) is 27.9 Å². The van der Waals surface area contributed by atoms with E-state index in [0.29, 0.717) is 30.3 Å². The normalized spacial score (nSPS) is 19.0. The van der Waals surface area contributed by atoms with Crippen molar-refractivity contribution >= 4 is 11.5 Å². The van der Waals surface area contributed by atoms with Crippen LogP contribution < -0.4 is 5.56 Å². The number of hydrogen-bond donors (Lipinski definition) is 2. The summed E-state index contributed by atoms with van der Waals surface area (Å²) in [5.41, 5.74) is 2.18. The van der Waals surface area contributed by atoms with Crippen LogP contribution in [0.25, 0.3) is 5.57 Å². The van der Waals surface area contributed by atoms with Gasteiger partial charge in [-0.1, -0.05) is 18.2 Å². The largest absolute Gasteiger partial charge is 0.416 e. The fraction of sp³-hybridized carbons (Fsp3) is 0.379. The van der Waals surface area contributed by atoms with Crippen molar-refractivity contribution in [3.63, 3.8) is 0 Å². The lowest BCUT2D eigenvalue weighted by atomic mass is 9.92. The summed E-state index contributed by atoms with van der Waals surface area (Å²) in [6.07, 6.45) is 2.04. The molecule has 2 aromatic heterocycles. The molecule has 3 aliphatic rings. The van der Waals surface area contributed by atoms with Crippen molar-refractivity contribution in [2.45, 2.75) is 49.9 Å². The maximum atomic E-state index is 13.2. The number of aromatic nitrogens is 3. The molecule has 0 spiro atoms. The molecule has 1 saturated carbocycles. The Hall–Kier alpha value is -3.83. The fourth-order valence-corrected chi connectivity index (χ4v) is 5.49. The van der Waals surface area contributed by atoms with Crippen LogP contribution in [0.1, 0.15) is 64.7 Å². The molecule has 1 aliphatic carbocycles. The smallest absolute Gasteiger partial charge is 0.378 e. The van der Waals surface area contributed by atoms with Crippen molar-refractivity contribution in [1.29, 1.82) is 0 Å². The highest BCUT2D eigenvalue weighted by Gasteiger charge is 2.49. The van der Waals surface area contributed by atoms with Crippen LogP contribution in [0.3, 0.4) is 0 Å². The number of pyridine rings is 1. The van der Waals surface area contributed by atoms with E-state index in [1.807, 2.05) is 12.4 Å². The third kappa shape index (κ3) is 4.84. The van der Waals surface area contributed by atoms with E-state index >= 15 is 0 Å². The number of aromatic amines is 1. The molecular formula is C29H27F3N4O4. The van der Waals surface area contributed by atoms with E-state index in [1.54, 1.807) is 0 Å². The van der Waals surface area contributed by atoms with Gasteiger partial charge in [0.1, 0.15) is 5.82 Å². The molecule has 6 rings (SSSR count). The summed E-state index contributed by atoms with van der Waals surface area (Å²) in [4.78, 5) is 39.7. The van der Waals surface area contributed by atoms with Crippen LogP contribution in [-0.2, 0) is 34.1 Å². The number of hydrogen-bond acceptors (Lipinski definition) is 6. The molecule has 208 valence electrons. The Morgan fingerprint density at radius 2 is 2.00 bits per heavy atom. The van der Waals surface area contributed by atoms with Crippen molar-refractivity contribution in [3.8, 4) is 0 Å². The van der Waals surface area contributed by atoms with Gasteiger partial charge in [0.05, 0.1) is 42.0 Å². The van der Waals surface area contributed by atoms with Gasteiger partial charge in [-0.25, -0.2) is 4.98 Å². The number of halogens is 3. The summed E-state index contributed by atoms with van der Waals surface area (Å²) in [5.74, 6) is -0.197. The van der Waals surface area contributed by atoms with Gasteiger partial charge in [0.2, 0.25) is 0 Å². The van der Waals surface area contributed by atoms with E-state index in [0.717, 1.165) is 48.6 Å². The minimum absolute atomic E-state index is 0.0902. The van der Waals surface area contributed by atoms with E-state index in [1.165, 1.54) is 16.5 Å². The zero-order valence-electron chi connectivity index (χ0n) is 21.5. The Morgan fingerprint density at radius 1 is 1.18 bits per heavy atom. The lowest BCUT2D eigenvalue weighted by Crippen LogP contribution is -2.42. The van der Waals surface area contributed by atoms with Crippen LogP contribution in [0.4, 0.5) is 13.2 Å². The van der Waals surface area contributed by atoms with Crippen LogP contribution in [0.15, 0.2) is 53.6 Å². The Kier molecular flexibility index (Phi) is 6.58. The molecule has 1 atom stereocenters. The molecule has 3 aromatic rings. The molecule has 8 nitrogen and oxygen atoms in total. The number of nitrogens with one attached hydrogen (secondary N) is 1. The van der Waals surface area contributed by atoms with Gasteiger partial charge in [0.15, 0.2) is 6.10 Å². The topological polar surface area (TPSA) is 108 Å². The molecular weight excluding hydrogens is 525 g/mol. The van der Waals surface area contributed by atoms with E-state index in [-0.39, 0.29) is 30.6 Å². The lowest BCUT2D eigenvalue weighted by Gasteiger charge is -2.30. The molecule has 0 unspecified atom stereocenters. The standard InChI is InChI=1S/C29H27F3N4O4/c30-29(31,32)20-3-1-2-18(12-20)24(37)26(39)36-9-4-23-22(16-36)25(38)35-27(34-23)28(7-8-28)21-13-19(14-33-15-21)17-5-10-40-11-6-17/h1-3,5,12-15,24,37H,4,6-11,16H2,(H,34,35,38)/t24-/m1/s1. The van der Waals surface area contributed by atoms with Crippen LogP contribution in [0.5, 0.6) is 0 Å². The highest BCUT2D eigenvalue weighted by Crippen LogP contribution is 2.52. The van der Waals surface area contributed by atoms with E-state index in [4.69, 9.17) is 9.72 Å². The van der Waals surface area contributed by atoms with E-state index < -0.39 is 29.2 Å². The fourth-order valence-electron chi connectivity index (χ4n) is 5.49. The summed E-state index contributed by atoms with van der Waals surface area (Å²) in [5, 5.41) is 10.6. The van der Waals surface area contributed by atoms with Crippen molar-refractivity contribution in [1.82, 2.24) is 19.9 Å². The molecule has 40 heavy (non-hydrogen) atoms. The molecule has 1 aromatic carbocycles. The number of carbonyl (C=O) groups excluding carboxylic acids is 1. The molecule has 11 heteroatoms. The monoisotopic (exact) mass is 552 g/mol. The second kappa shape index (κ2) is 9.97. The van der Waals surface area contributed by atoms with Gasteiger partial charge in [-0.05, 0) is 59.7 Å². The number of rotatable bonds is 5. The first-order chi connectivity index (χ1) is 19.2. The number of H-pyrrole nitrogens is 1. The van der Waals surface area contributed by atoms with Crippen molar-refractivity contribution in [2.75, 3.05) is 19.8 Å². The van der Waals surface area contributed by atoms with Gasteiger partial charge >= 0.3 is 6.18 Å². The molecule has 1 fully saturated rings. The number of aliphatic hydroxyl groups is 1. The quantitative estimate of drug-likeness (QED) is 0.500. The van der Waals surface area contributed by atoms with Crippen LogP contribution in [-0.4, -0.2) is 50.6 Å². The van der Waals surface area contributed by atoms with Crippen molar-refractivity contribution in [2.24, 2.45) is 0 Å². The number of fused-ring (bicyclic) bond motifs is 1. The maximum absolute atomic E-state index is 13.2. The average molecular weight is 553 g/mol. The summed E-state index contributed by atoms with van der Waals surface area (Å²) in [6, 6.07) is 6.16. The summed E-state index contributed by atoms with van der Waals surface area (Å²) in [7, 11) is 0. The number of alkyl halides is 3. The second-order valence-corrected chi connectivity index (χ2v) is 10.5. The predicted molar refractivity (Wildman–Crippen MR) is 138 cm³/mol. The van der Waals surface area contributed by atoms with Crippen LogP contribution >= 0.6 is 0 Å². The van der Waals surface area contributed by atoms with Crippen molar-refractivity contribution < 1.29 is 27.8 Å². The Bertz CT molecular complexity index is 1560. The van der Waals surface area contributed by atoms with Gasteiger partial charge in [-0.2, -0.15) is 13.2 Å².